The summed E-state index contributed by atoms with van der Waals surface area (Å²) in [5, 5.41) is 0. The van der Waals surface area contributed by atoms with E-state index in [1.54, 1.807) is 48.8 Å². The summed E-state index contributed by atoms with van der Waals surface area (Å²) in [4.78, 5) is 32.6. The zero-order valence-corrected chi connectivity index (χ0v) is 28.2. The van der Waals surface area contributed by atoms with Crippen LogP contribution in [0.15, 0.2) is 94.4 Å². The second-order valence-corrected chi connectivity index (χ2v) is 12.4. The van der Waals surface area contributed by atoms with Gasteiger partial charge in [0.05, 0.1) is 35.1 Å². The van der Waals surface area contributed by atoms with Crippen molar-refractivity contribution in [2.75, 3.05) is 13.2 Å². The summed E-state index contributed by atoms with van der Waals surface area (Å²) in [6.07, 6.45) is 4.01. The Kier molecular flexibility index (Phi) is 10.6. The predicted octanol–water partition coefficient (Wildman–Crippen LogP) is 6.77. The Morgan fingerprint density at radius 3 is 2.47 bits per heavy atom. The largest absolute Gasteiger partial charge is 0.490 e. The third-order valence-electron chi connectivity index (χ3n) is 7.88. The molecule has 0 N–H and O–H groups in total. The molecule has 1 atom stereocenters. The van der Waals surface area contributed by atoms with Crippen molar-refractivity contribution >= 4 is 23.4 Å². The van der Waals surface area contributed by atoms with E-state index in [1.165, 1.54) is 17.4 Å². The molecule has 2 heterocycles. The normalized spacial score (nSPS) is 14.5. The van der Waals surface area contributed by atoms with Crippen molar-refractivity contribution in [1.29, 1.82) is 0 Å². The molecule has 0 saturated heterocycles. The van der Waals surface area contributed by atoms with Gasteiger partial charge in [-0.15, -0.1) is 6.58 Å². The third kappa shape index (κ3) is 7.15. The van der Waals surface area contributed by atoms with E-state index in [0.717, 1.165) is 16.7 Å². The van der Waals surface area contributed by atoms with Gasteiger partial charge < -0.3 is 14.2 Å². The maximum Gasteiger partial charge on any atom is 0.338 e. The molecule has 1 aliphatic heterocycles. The van der Waals surface area contributed by atoms with Crippen molar-refractivity contribution in [1.82, 2.24) is 4.57 Å². The van der Waals surface area contributed by atoms with Crippen LogP contribution in [-0.4, -0.2) is 23.8 Å². The Morgan fingerprint density at radius 2 is 1.81 bits per heavy atom. The zero-order valence-electron chi connectivity index (χ0n) is 27.3. The third-order valence-corrected chi connectivity index (χ3v) is 8.86. The lowest BCUT2D eigenvalue weighted by Gasteiger charge is -2.25. The number of carbonyl (C=O) groups is 1. The van der Waals surface area contributed by atoms with Gasteiger partial charge in [0.15, 0.2) is 16.3 Å². The van der Waals surface area contributed by atoms with Crippen molar-refractivity contribution in [3.63, 3.8) is 0 Å². The van der Waals surface area contributed by atoms with E-state index in [9.17, 15) is 14.0 Å². The molecule has 0 aliphatic carbocycles. The number of hydrogen-bond acceptors (Lipinski definition) is 7. The quantitative estimate of drug-likeness (QED) is 0.125. The molecule has 4 aromatic rings. The molecule has 0 fully saturated rings. The van der Waals surface area contributed by atoms with Crippen LogP contribution in [0.4, 0.5) is 4.39 Å². The minimum absolute atomic E-state index is 0.0230. The number of halogens is 1. The molecule has 1 aromatic heterocycles. The van der Waals surface area contributed by atoms with Crippen LogP contribution >= 0.6 is 11.3 Å². The highest BCUT2D eigenvalue weighted by Crippen LogP contribution is 2.35. The molecule has 0 spiro atoms. The average Bonchev–Trinajstić information content (AvgIpc) is 3.34. The summed E-state index contributed by atoms with van der Waals surface area (Å²) >= 11 is 1.25. The van der Waals surface area contributed by atoms with Crippen LogP contribution in [0.5, 0.6) is 11.5 Å². The lowest BCUT2D eigenvalue weighted by Crippen LogP contribution is -2.39. The van der Waals surface area contributed by atoms with E-state index >= 15 is 0 Å². The van der Waals surface area contributed by atoms with Gasteiger partial charge in [-0.2, -0.15) is 0 Å². The van der Waals surface area contributed by atoms with Gasteiger partial charge in [-0.1, -0.05) is 73.7 Å². The fourth-order valence-electron chi connectivity index (χ4n) is 5.59. The fourth-order valence-corrected chi connectivity index (χ4v) is 6.63. The summed E-state index contributed by atoms with van der Waals surface area (Å²) in [5.41, 5.74) is 4.45. The molecule has 0 radical (unpaired) electrons. The Balaban J connectivity index is 1.63. The fraction of sp³-hybridized carbons (Fsp3) is 0.289. The number of benzene rings is 3. The van der Waals surface area contributed by atoms with Gasteiger partial charge in [-0.3, -0.25) is 9.36 Å². The number of aromatic nitrogens is 1. The van der Waals surface area contributed by atoms with E-state index in [0.29, 0.717) is 62.2 Å². The van der Waals surface area contributed by atoms with Crippen molar-refractivity contribution < 1.29 is 23.4 Å². The predicted molar refractivity (Wildman–Crippen MR) is 183 cm³/mol. The van der Waals surface area contributed by atoms with Crippen LogP contribution in [0.25, 0.3) is 6.08 Å². The van der Waals surface area contributed by atoms with Crippen LogP contribution in [0.1, 0.15) is 74.4 Å². The first-order valence-corrected chi connectivity index (χ1v) is 16.5. The monoisotopic (exact) mass is 654 g/mol. The number of nitrogens with zero attached hydrogens (tertiary/aromatic N) is 2. The first-order valence-electron chi connectivity index (χ1n) is 15.7. The van der Waals surface area contributed by atoms with Crippen LogP contribution in [-0.2, 0) is 22.6 Å². The van der Waals surface area contributed by atoms with Crippen LogP contribution in [0, 0.1) is 5.82 Å². The average molecular weight is 655 g/mol. The van der Waals surface area contributed by atoms with Gasteiger partial charge in [0, 0.05) is 11.1 Å². The second kappa shape index (κ2) is 14.8. The number of allylic oxidation sites excluding steroid dienone is 2. The molecular weight excluding hydrogens is 615 g/mol. The van der Waals surface area contributed by atoms with E-state index in [4.69, 9.17) is 19.2 Å². The summed E-state index contributed by atoms with van der Waals surface area (Å²) in [7, 11) is 0. The maximum absolute atomic E-state index is 14.3. The van der Waals surface area contributed by atoms with Crippen molar-refractivity contribution in [3.05, 3.63) is 138 Å². The molecule has 0 bridgehead atoms. The smallest absolute Gasteiger partial charge is 0.338 e. The molecular formula is C38H39FN2O5S. The summed E-state index contributed by atoms with van der Waals surface area (Å²) < 4.78 is 33.9. The van der Waals surface area contributed by atoms with Crippen LogP contribution in [0.2, 0.25) is 0 Å². The first kappa shape index (κ1) is 33.6. The van der Waals surface area contributed by atoms with E-state index < -0.39 is 12.0 Å². The molecule has 3 aromatic carbocycles. The summed E-state index contributed by atoms with van der Waals surface area (Å²) in [6, 6.07) is 17.5. The van der Waals surface area contributed by atoms with Crippen LogP contribution in [0.3, 0.4) is 0 Å². The second-order valence-electron chi connectivity index (χ2n) is 11.4. The number of carbonyl (C=O) groups excluding carboxylic acids is 1. The van der Waals surface area contributed by atoms with Crippen molar-refractivity contribution in [3.8, 4) is 11.5 Å². The minimum Gasteiger partial charge on any atom is -0.490 e. The van der Waals surface area contributed by atoms with Gasteiger partial charge >= 0.3 is 5.97 Å². The molecule has 0 saturated carbocycles. The molecule has 9 heteroatoms. The number of esters is 1. The molecule has 0 unspecified atom stereocenters. The Bertz CT molecular complexity index is 2010. The standard InChI is InChI=1S/C38H39FN2O5S/c1-7-12-28-19-25(20-31(44-8-2)35(28)46-22-29-13-10-11-14-30(29)39)21-32-36(42)41-34(27-17-15-26(16-18-27)23(4)5)33(37(43)45-9-3)24(6)40-38(41)47-32/h7,10-11,13-21,23,34H,1,8-9,12,22H2,2-6H3/t34-/m1/s1. The maximum atomic E-state index is 14.3. The highest BCUT2D eigenvalue weighted by Gasteiger charge is 2.33. The number of thiazole rings is 1. The van der Waals surface area contributed by atoms with Crippen molar-refractivity contribution in [2.24, 2.45) is 4.99 Å². The molecule has 47 heavy (non-hydrogen) atoms. The highest BCUT2D eigenvalue weighted by molar-refractivity contribution is 7.07. The number of rotatable bonds is 12. The van der Waals surface area contributed by atoms with Gasteiger partial charge in [0.25, 0.3) is 5.56 Å². The molecule has 0 amide bonds. The van der Waals surface area contributed by atoms with Crippen molar-refractivity contribution in [2.45, 2.75) is 59.6 Å². The number of fused-ring (bicyclic) bond motifs is 1. The number of hydrogen-bond donors (Lipinski definition) is 0. The molecule has 5 rings (SSSR count). The van der Waals surface area contributed by atoms with Gasteiger partial charge in [0.2, 0.25) is 0 Å². The lowest BCUT2D eigenvalue weighted by atomic mass is 9.93. The Hall–Kier alpha value is -4.76. The zero-order chi connectivity index (χ0) is 33.7. The molecule has 244 valence electrons. The SMILES string of the molecule is C=CCc1cc(C=c2sc3n(c2=O)[C@H](c2ccc(C(C)C)cc2)C(C(=O)OCC)=C(C)N=3)cc(OCC)c1OCc1ccccc1F. The minimum atomic E-state index is -0.696. The molecule has 1 aliphatic rings. The van der Waals surface area contributed by atoms with Gasteiger partial charge in [-0.25, -0.2) is 14.2 Å². The highest BCUT2D eigenvalue weighted by atomic mass is 32.1. The molecule has 7 nitrogen and oxygen atoms in total. The number of ether oxygens (including phenoxy) is 3. The lowest BCUT2D eigenvalue weighted by molar-refractivity contribution is -0.139. The Morgan fingerprint density at radius 1 is 1.06 bits per heavy atom. The van der Waals surface area contributed by atoms with E-state index in [-0.39, 0.29) is 24.6 Å². The topological polar surface area (TPSA) is 79.1 Å². The van der Waals surface area contributed by atoms with Crippen LogP contribution < -0.4 is 24.4 Å². The van der Waals surface area contributed by atoms with E-state index in [2.05, 4.69) is 20.4 Å². The van der Waals surface area contributed by atoms with Gasteiger partial charge in [0.1, 0.15) is 12.4 Å². The van der Waals surface area contributed by atoms with Gasteiger partial charge in [-0.05, 0) is 74.1 Å². The Labute approximate surface area is 278 Å². The van der Waals surface area contributed by atoms with E-state index in [1.807, 2.05) is 43.3 Å². The first-order chi connectivity index (χ1) is 22.7. The summed E-state index contributed by atoms with van der Waals surface area (Å²) in [6.45, 7) is 14.1. The summed E-state index contributed by atoms with van der Waals surface area (Å²) in [5.74, 6) is 0.455.